The van der Waals surface area contributed by atoms with Crippen LogP contribution in [0.4, 0.5) is 26.3 Å². The molecule has 1 aliphatic carbocycles. The van der Waals surface area contributed by atoms with Crippen LogP contribution in [-0.2, 0) is 0 Å². The number of halogens is 6. The molecule has 1 atom stereocenters. The van der Waals surface area contributed by atoms with E-state index in [-0.39, 0.29) is 33.8 Å². The zero-order valence-electron chi connectivity index (χ0n) is 15.3. The zero-order chi connectivity index (χ0) is 23.1. The maximum Gasteiger partial charge on any atom is 0.460 e. The first-order valence-corrected chi connectivity index (χ1v) is 8.61. The molecule has 0 bridgehead atoms. The molecule has 0 aliphatic heterocycles. The van der Waals surface area contributed by atoms with Crippen molar-refractivity contribution < 1.29 is 46.8 Å². The summed E-state index contributed by atoms with van der Waals surface area (Å²) >= 11 is 0. The first-order valence-electron chi connectivity index (χ1n) is 8.61. The lowest BCUT2D eigenvalue weighted by molar-refractivity contribution is -0.270. The summed E-state index contributed by atoms with van der Waals surface area (Å²) in [5, 5.41) is 40.0. The third-order valence-electron chi connectivity index (χ3n) is 4.61. The number of aromatic hydroxyl groups is 2. The molecule has 0 fully saturated rings. The maximum atomic E-state index is 14.3. The van der Waals surface area contributed by atoms with Crippen molar-refractivity contribution in [2.24, 2.45) is 0 Å². The fraction of sp³-hybridized carbons (Fsp3) is 0.143. The van der Waals surface area contributed by atoms with E-state index in [1.807, 2.05) is 0 Å². The van der Waals surface area contributed by atoms with Gasteiger partial charge in [-0.15, -0.1) is 0 Å². The predicted molar refractivity (Wildman–Crippen MR) is 98.9 cm³/mol. The number of phenolic OH excluding ortho intramolecular Hbond substituents is 2. The molecule has 0 saturated heterocycles. The van der Waals surface area contributed by atoms with E-state index >= 15 is 0 Å². The van der Waals surface area contributed by atoms with Crippen LogP contribution in [0.25, 0.3) is 11.1 Å². The molecule has 164 valence electrons. The Morgan fingerprint density at radius 3 is 1.65 bits per heavy atom. The number of benzene rings is 2. The third-order valence-corrected chi connectivity index (χ3v) is 4.61. The Morgan fingerprint density at radius 2 is 1.19 bits per heavy atom. The van der Waals surface area contributed by atoms with Crippen LogP contribution in [0.1, 0.15) is 11.1 Å². The van der Waals surface area contributed by atoms with Gasteiger partial charge in [-0.2, -0.15) is 22.0 Å². The second-order valence-electron chi connectivity index (χ2n) is 6.66. The summed E-state index contributed by atoms with van der Waals surface area (Å²) in [5.74, 6) is -10.1. The molecule has 4 N–H and O–H groups in total. The van der Waals surface area contributed by atoms with Crippen LogP contribution >= 0.6 is 0 Å². The van der Waals surface area contributed by atoms with Crippen molar-refractivity contribution >= 4 is 11.1 Å². The Bertz CT molecular complexity index is 1080. The van der Waals surface area contributed by atoms with Gasteiger partial charge < -0.3 is 20.4 Å². The molecule has 0 amide bonds. The van der Waals surface area contributed by atoms with Gasteiger partial charge in [-0.25, -0.2) is 4.39 Å². The highest BCUT2D eigenvalue weighted by molar-refractivity contribution is 6.01. The quantitative estimate of drug-likeness (QED) is 0.488. The Kier molecular flexibility index (Phi) is 5.53. The Hall–Kier alpha value is -3.40. The van der Waals surface area contributed by atoms with Gasteiger partial charge in [0.1, 0.15) is 23.4 Å². The van der Waals surface area contributed by atoms with Crippen molar-refractivity contribution in [3.05, 3.63) is 82.9 Å². The van der Waals surface area contributed by atoms with Crippen molar-refractivity contribution in [2.45, 2.75) is 18.2 Å². The molecule has 3 rings (SSSR count). The number of rotatable bonds is 3. The van der Waals surface area contributed by atoms with Gasteiger partial charge in [0.25, 0.3) is 0 Å². The van der Waals surface area contributed by atoms with E-state index in [4.69, 9.17) is 0 Å². The average Bonchev–Trinajstić information content (AvgIpc) is 2.69. The molecular weight excluding hydrogens is 430 g/mol. The van der Waals surface area contributed by atoms with Crippen molar-refractivity contribution in [3.63, 3.8) is 0 Å². The topological polar surface area (TPSA) is 80.9 Å². The van der Waals surface area contributed by atoms with E-state index in [0.717, 1.165) is 12.1 Å². The van der Waals surface area contributed by atoms with Crippen LogP contribution in [0.3, 0.4) is 0 Å². The molecule has 0 saturated carbocycles. The molecule has 0 radical (unpaired) electrons. The standard InChI is InChI=1S/C21H14F6O4/c22-19(20(23,24)21(25,26)27)14-9-15(30)16(10-1-5-12(28)6-2-10)17(18(14)31)11-3-7-13(29)8-4-11/h1-9,18,28-31H. The normalized spacial score (nSPS) is 19.3. The highest BCUT2D eigenvalue weighted by Gasteiger charge is 2.62. The maximum absolute atomic E-state index is 14.3. The van der Waals surface area contributed by atoms with Gasteiger partial charge in [0.2, 0.25) is 0 Å². The van der Waals surface area contributed by atoms with Crippen molar-refractivity contribution in [2.75, 3.05) is 0 Å². The summed E-state index contributed by atoms with van der Waals surface area (Å²) < 4.78 is 79.5. The summed E-state index contributed by atoms with van der Waals surface area (Å²) in [6.45, 7) is 0. The third kappa shape index (κ3) is 3.98. The van der Waals surface area contributed by atoms with Crippen LogP contribution in [0.2, 0.25) is 0 Å². The predicted octanol–water partition coefficient (Wildman–Crippen LogP) is 5.25. The van der Waals surface area contributed by atoms with Gasteiger partial charge in [0, 0.05) is 16.7 Å². The Morgan fingerprint density at radius 1 is 0.742 bits per heavy atom. The minimum absolute atomic E-state index is 0.00801. The van der Waals surface area contributed by atoms with Gasteiger partial charge in [-0.1, -0.05) is 24.3 Å². The minimum Gasteiger partial charge on any atom is -0.508 e. The molecule has 10 heteroatoms. The van der Waals surface area contributed by atoms with Crippen LogP contribution in [-0.4, -0.2) is 38.6 Å². The first kappa shape index (κ1) is 22.3. The molecule has 2 aromatic rings. The number of phenols is 2. The van der Waals surface area contributed by atoms with Crippen LogP contribution in [0, 0.1) is 0 Å². The molecule has 0 aromatic heterocycles. The highest BCUT2D eigenvalue weighted by Crippen LogP contribution is 2.47. The van der Waals surface area contributed by atoms with Crippen LogP contribution < -0.4 is 0 Å². The van der Waals surface area contributed by atoms with Crippen molar-refractivity contribution in [3.8, 4) is 11.5 Å². The molecule has 4 nitrogen and oxygen atoms in total. The summed E-state index contributed by atoms with van der Waals surface area (Å²) in [6, 6.07) is 9.68. The number of hydrogen-bond acceptors (Lipinski definition) is 4. The largest absolute Gasteiger partial charge is 0.508 e. The van der Waals surface area contributed by atoms with Crippen molar-refractivity contribution in [1.29, 1.82) is 0 Å². The number of aliphatic hydroxyl groups excluding tert-OH is 2. The van der Waals surface area contributed by atoms with E-state index in [1.165, 1.54) is 36.4 Å². The minimum atomic E-state index is -6.27. The van der Waals surface area contributed by atoms with Gasteiger partial charge in [-0.05, 0) is 41.5 Å². The van der Waals surface area contributed by atoms with E-state index < -0.39 is 35.4 Å². The molecule has 2 aromatic carbocycles. The summed E-state index contributed by atoms with van der Waals surface area (Å²) in [4.78, 5) is 0. The molecule has 1 aliphatic rings. The zero-order valence-corrected chi connectivity index (χ0v) is 15.3. The second kappa shape index (κ2) is 7.69. The Balaban J connectivity index is 2.30. The van der Waals surface area contributed by atoms with E-state index in [1.54, 1.807) is 0 Å². The van der Waals surface area contributed by atoms with Gasteiger partial charge in [-0.3, -0.25) is 0 Å². The lowest BCUT2D eigenvalue weighted by Gasteiger charge is -2.28. The number of allylic oxidation sites excluding steroid dienone is 2. The highest BCUT2D eigenvalue weighted by atomic mass is 19.4. The van der Waals surface area contributed by atoms with E-state index in [0.29, 0.717) is 6.08 Å². The summed E-state index contributed by atoms with van der Waals surface area (Å²) in [6.07, 6.45) is -8.30. The fourth-order valence-corrected chi connectivity index (χ4v) is 3.09. The van der Waals surface area contributed by atoms with Gasteiger partial charge in [0.05, 0.1) is 0 Å². The smallest absolute Gasteiger partial charge is 0.460 e. The molecule has 31 heavy (non-hydrogen) atoms. The lowest BCUT2D eigenvalue weighted by Crippen LogP contribution is -2.39. The number of hydrogen-bond donors (Lipinski definition) is 4. The average molecular weight is 444 g/mol. The molecule has 1 unspecified atom stereocenters. The van der Waals surface area contributed by atoms with Gasteiger partial charge >= 0.3 is 12.1 Å². The van der Waals surface area contributed by atoms with E-state index in [2.05, 4.69) is 0 Å². The SMILES string of the molecule is OC1=CC(=C(F)C(F)(F)C(F)(F)F)C(O)C(c2ccc(O)cc2)=C1c1ccc(O)cc1. The van der Waals surface area contributed by atoms with E-state index in [9.17, 15) is 46.8 Å². The molecule has 0 spiro atoms. The first-order chi connectivity index (χ1) is 14.3. The monoisotopic (exact) mass is 444 g/mol. The second-order valence-corrected chi connectivity index (χ2v) is 6.66. The van der Waals surface area contributed by atoms with Gasteiger partial charge in [0.15, 0.2) is 5.83 Å². The van der Waals surface area contributed by atoms with Crippen molar-refractivity contribution in [1.82, 2.24) is 0 Å². The molecular formula is C21H14F6O4. The Labute approximate surface area is 171 Å². The fourth-order valence-electron chi connectivity index (χ4n) is 3.09. The lowest BCUT2D eigenvalue weighted by atomic mass is 9.82. The molecule has 0 heterocycles. The number of aliphatic hydroxyl groups is 2. The van der Waals surface area contributed by atoms with Crippen LogP contribution in [0.5, 0.6) is 11.5 Å². The van der Waals surface area contributed by atoms with Crippen LogP contribution in [0.15, 0.2) is 71.8 Å². The summed E-state index contributed by atoms with van der Waals surface area (Å²) in [5.41, 5.74) is -1.88. The summed E-state index contributed by atoms with van der Waals surface area (Å²) in [7, 11) is 0. The number of alkyl halides is 5.